The van der Waals surface area contributed by atoms with Crippen LogP contribution in [0, 0.1) is 0 Å². The topological polar surface area (TPSA) is 93.2 Å². The average Bonchev–Trinajstić information content (AvgIpc) is 3.20. The third-order valence-corrected chi connectivity index (χ3v) is 8.63. The van der Waals surface area contributed by atoms with Crippen molar-refractivity contribution >= 4 is 43.7 Å². The van der Waals surface area contributed by atoms with Crippen LogP contribution in [0.3, 0.4) is 0 Å². The number of para-hydroxylation sites is 1. The van der Waals surface area contributed by atoms with E-state index in [0.717, 1.165) is 0 Å². The van der Waals surface area contributed by atoms with E-state index in [9.17, 15) is 18.0 Å². The second kappa shape index (κ2) is 8.02. The van der Waals surface area contributed by atoms with Gasteiger partial charge in [-0.3, -0.25) is 4.90 Å². The van der Waals surface area contributed by atoms with E-state index in [1.54, 1.807) is 63.2 Å². The molecule has 1 saturated heterocycles. The lowest BCUT2D eigenvalue weighted by Crippen LogP contribution is -2.56. The van der Waals surface area contributed by atoms with Crippen molar-refractivity contribution in [2.24, 2.45) is 0 Å². The highest BCUT2D eigenvalue weighted by Crippen LogP contribution is 2.59. The highest BCUT2D eigenvalue weighted by Gasteiger charge is 2.66. The van der Waals surface area contributed by atoms with E-state index in [1.165, 1.54) is 28.4 Å². The molecule has 2 aliphatic heterocycles. The van der Waals surface area contributed by atoms with Crippen LogP contribution in [-0.2, 0) is 28.6 Å². The van der Waals surface area contributed by atoms with E-state index in [4.69, 9.17) is 9.47 Å². The van der Waals surface area contributed by atoms with E-state index in [-0.39, 0.29) is 11.3 Å². The van der Waals surface area contributed by atoms with Crippen LogP contribution >= 0.6 is 15.9 Å². The molecule has 0 spiro atoms. The maximum absolute atomic E-state index is 13.9. The van der Waals surface area contributed by atoms with Gasteiger partial charge in [0.1, 0.15) is 17.8 Å². The Bertz CT molecular complexity index is 1200. The minimum absolute atomic E-state index is 0.0715. The van der Waals surface area contributed by atoms with E-state index >= 15 is 0 Å². The Balaban J connectivity index is 1.94. The SMILES string of the molecule is COC(=O)[C@H]1C[C@]2(Br)c3ccccc3N(S(=O)(=O)c3ccccc3)[C@@H]2N1C(=O)OC(C)(C)C. The van der Waals surface area contributed by atoms with Gasteiger partial charge in [-0.05, 0) is 44.5 Å². The summed E-state index contributed by atoms with van der Waals surface area (Å²) in [6.45, 7) is 5.12. The predicted molar refractivity (Wildman–Crippen MR) is 125 cm³/mol. The smallest absolute Gasteiger partial charge is 0.412 e. The number of sulfonamides is 1. The minimum atomic E-state index is -4.11. The molecule has 0 saturated carbocycles. The Hall–Kier alpha value is -2.59. The monoisotopic (exact) mass is 536 g/mol. The molecule has 3 atom stereocenters. The first-order valence-electron chi connectivity index (χ1n) is 10.4. The molecule has 0 unspecified atom stereocenters. The molecule has 1 fully saturated rings. The van der Waals surface area contributed by atoms with E-state index in [2.05, 4.69) is 15.9 Å². The number of fused-ring (bicyclic) bond motifs is 3. The number of esters is 1. The van der Waals surface area contributed by atoms with E-state index in [0.29, 0.717) is 11.3 Å². The van der Waals surface area contributed by atoms with Crippen LogP contribution in [0.25, 0.3) is 0 Å². The number of carbonyl (C=O) groups is 2. The quantitative estimate of drug-likeness (QED) is 0.434. The fraction of sp³-hybridized carbons (Fsp3) is 0.391. The lowest BCUT2D eigenvalue weighted by Gasteiger charge is -2.37. The molecule has 2 aliphatic rings. The number of rotatable bonds is 3. The Kier molecular flexibility index (Phi) is 5.73. The molecule has 0 aromatic heterocycles. The van der Waals surface area contributed by atoms with Gasteiger partial charge in [-0.25, -0.2) is 22.3 Å². The van der Waals surface area contributed by atoms with Gasteiger partial charge in [0.2, 0.25) is 0 Å². The van der Waals surface area contributed by atoms with Crippen molar-refractivity contribution in [1.29, 1.82) is 0 Å². The number of methoxy groups -OCH3 is 1. The summed E-state index contributed by atoms with van der Waals surface area (Å²) in [4.78, 5) is 27.4. The zero-order chi connectivity index (χ0) is 24.2. The van der Waals surface area contributed by atoms with Gasteiger partial charge in [0, 0.05) is 6.42 Å². The molecular weight excluding hydrogens is 512 g/mol. The van der Waals surface area contributed by atoms with Gasteiger partial charge in [-0.2, -0.15) is 0 Å². The largest absolute Gasteiger partial charge is 0.467 e. The molecule has 176 valence electrons. The molecule has 0 bridgehead atoms. The molecular formula is C23H25BrN2O6S. The molecule has 1 amide bonds. The van der Waals surface area contributed by atoms with Gasteiger partial charge in [0.25, 0.3) is 10.0 Å². The lowest BCUT2D eigenvalue weighted by atomic mass is 9.96. The normalized spacial score (nSPS) is 24.3. The first-order chi connectivity index (χ1) is 15.4. The molecule has 4 rings (SSSR count). The maximum atomic E-state index is 13.9. The zero-order valence-electron chi connectivity index (χ0n) is 18.7. The Labute approximate surface area is 201 Å². The molecule has 0 N–H and O–H groups in total. The Morgan fingerprint density at radius 3 is 2.27 bits per heavy atom. The highest BCUT2D eigenvalue weighted by atomic mass is 79.9. The first-order valence-corrected chi connectivity index (χ1v) is 12.6. The summed E-state index contributed by atoms with van der Waals surface area (Å²) >= 11 is 3.74. The standard InChI is InChI=1S/C23H25BrN2O6S/c1-22(2,3)32-21(28)25-18(19(27)31-4)14-23(24)16-12-8-9-13-17(16)26(20(23)25)33(29,30)15-10-6-5-7-11-15/h5-13,18,20H,14H2,1-4H3/t18-,20+,23+/m1/s1. The summed E-state index contributed by atoms with van der Waals surface area (Å²) < 4.78 is 38.5. The minimum Gasteiger partial charge on any atom is -0.467 e. The number of alkyl halides is 1. The van der Waals surface area contributed by atoms with Crippen molar-refractivity contribution < 1.29 is 27.5 Å². The van der Waals surface area contributed by atoms with Crippen molar-refractivity contribution in [2.75, 3.05) is 11.4 Å². The van der Waals surface area contributed by atoms with Crippen molar-refractivity contribution in [3.63, 3.8) is 0 Å². The summed E-state index contributed by atoms with van der Waals surface area (Å²) in [5.41, 5.74) is 0.235. The molecule has 33 heavy (non-hydrogen) atoms. The number of amides is 1. The van der Waals surface area contributed by atoms with Crippen LogP contribution in [0.2, 0.25) is 0 Å². The molecule has 8 nitrogen and oxygen atoms in total. The van der Waals surface area contributed by atoms with Crippen LogP contribution in [0.5, 0.6) is 0 Å². The number of likely N-dealkylation sites (tertiary alicyclic amines) is 1. The first kappa shape index (κ1) is 23.6. The van der Waals surface area contributed by atoms with Crippen molar-refractivity contribution in [1.82, 2.24) is 4.90 Å². The fourth-order valence-electron chi connectivity index (χ4n) is 4.41. The number of halogens is 1. The lowest BCUT2D eigenvalue weighted by molar-refractivity contribution is -0.146. The number of anilines is 1. The highest BCUT2D eigenvalue weighted by molar-refractivity contribution is 9.09. The summed E-state index contributed by atoms with van der Waals surface area (Å²) in [6, 6.07) is 14.0. The fourth-order valence-corrected chi connectivity index (χ4v) is 7.31. The van der Waals surface area contributed by atoms with Crippen LogP contribution in [0.4, 0.5) is 10.5 Å². The number of hydrogen-bond acceptors (Lipinski definition) is 6. The summed E-state index contributed by atoms with van der Waals surface area (Å²) in [5.74, 6) is -0.649. The second-order valence-corrected chi connectivity index (χ2v) is 12.2. The van der Waals surface area contributed by atoms with Gasteiger partial charge in [-0.15, -0.1) is 0 Å². The predicted octanol–water partition coefficient (Wildman–Crippen LogP) is 3.99. The van der Waals surface area contributed by atoms with E-state index in [1.807, 2.05) is 0 Å². The summed E-state index contributed by atoms with van der Waals surface area (Å²) in [5, 5.41) is 0. The van der Waals surface area contributed by atoms with Gasteiger partial charge in [0.15, 0.2) is 0 Å². The molecule has 10 heteroatoms. The molecule has 2 aromatic carbocycles. The average molecular weight is 537 g/mol. The summed E-state index contributed by atoms with van der Waals surface area (Å²) in [7, 11) is -2.88. The number of benzene rings is 2. The van der Waals surface area contributed by atoms with Gasteiger partial charge >= 0.3 is 12.1 Å². The third-order valence-electron chi connectivity index (χ3n) is 5.69. The van der Waals surface area contributed by atoms with Gasteiger partial charge in [0.05, 0.1) is 22.0 Å². The molecule has 0 radical (unpaired) electrons. The van der Waals surface area contributed by atoms with Crippen LogP contribution in [0.1, 0.15) is 32.8 Å². The molecule has 2 aromatic rings. The number of nitrogens with zero attached hydrogens (tertiary/aromatic N) is 2. The van der Waals surface area contributed by atoms with Crippen LogP contribution < -0.4 is 4.31 Å². The Morgan fingerprint density at radius 2 is 1.67 bits per heavy atom. The van der Waals surface area contributed by atoms with E-state index < -0.39 is 44.2 Å². The molecule has 2 heterocycles. The van der Waals surface area contributed by atoms with Crippen molar-refractivity contribution in [2.45, 2.75) is 54.2 Å². The van der Waals surface area contributed by atoms with Gasteiger partial charge in [-0.1, -0.05) is 52.3 Å². The maximum Gasteiger partial charge on any atom is 0.412 e. The van der Waals surface area contributed by atoms with Crippen molar-refractivity contribution in [3.8, 4) is 0 Å². The number of ether oxygens (including phenoxy) is 2. The van der Waals surface area contributed by atoms with Crippen LogP contribution in [0.15, 0.2) is 59.5 Å². The third kappa shape index (κ3) is 3.78. The van der Waals surface area contributed by atoms with Crippen molar-refractivity contribution in [3.05, 3.63) is 60.2 Å². The molecule has 0 aliphatic carbocycles. The summed E-state index contributed by atoms with van der Waals surface area (Å²) in [6.07, 6.45) is -1.77. The number of hydrogen-bond donors (Lipinski definition) is 0. The Morgan fingerprint density at radius 1 is 1.06 bits per heavy atom. The second-order valence-electron chi connectivity index (χ2n) is 9.00. The van der Waals surface area contributed by atoms with Gasteiger partial charge < -0.3 is 9.47 Å². The zero-order valence-corrected chi connectivity index (χ0v) is 21.1. The number of carbonyl (C=O) groups excluding carboxylic acids is 2. The van der Waals surface area contributed by atoms with Crippen LogP contribution in [-0.4, -0.2) is 50.3 Å².